The lowest BCUT2D eigenvalue weighted by Gasteiger charge is -2.05. The maximum Gasteiger partial charge on any atom is 0.343 e. The number of carbonyl (C=O) groups is 2. The lowest BCUT2D eigenvalue weighted by Crippen LogP contribution is -2.08. The molecule has 0 unspecified atom stereocenters. The van der Waals surface area contributed by atoms with Crippen molar-refractivity contribution in [2.24, 2.45) is 0 Å². The molecule has 0 saturated carbocycles. The number of nitriles is 1. The SMILES string of the molecule is CC(=O)c1ccc(OC(=O)c2cccc(C#N)c2)cc1. The third-order valence-electron chi connectivity index (χ3n) is 2.70. The second kappa shape index (κ2) is 5.81. The van der Waals surface area contributed by atoms with Gasteiger partial charge in [0.2, 0.25) is 0 Å². The topological polar surface area (TPSA) is 67.2 Å². The van der Waals surface area contributed by atoms with Crippen LogP contribution >= 0.6 is 0 Å². The van der Waals surface area contributed by atoms with Gasteiger partial charge in [-0.05, 0) is 49.4 Å². The fourth-order valence-corrected chi connectivity index (χ4v) is 1.64. The fourth-order valence-electron chi connectivity index (χ4n) is 1.64. The Labute approximate surface area is 116 Å². The average Bonchev–Trinajstić information content (AvgIpc) is 2.47. The van der Waals surface area contributed by atoms with Crippen molar-refractivity contribution in [1.29, 1.82) is 5.26 Å². The van der Waals surface area contributed by atoms with Crippen LogP contribution in [0.3, 0.4) is 0 Å². The molecule has 0 atom stereocenters. The van der Waals surface area contributed by atoms with Gasteiger partial charge in [0.15, 0.2) is 5.78 Å². The predicted molar refractivity (Wildman–Crippen MR) is 72.6 cm³/mol. The third kappa shape index (κ3) is 3.09. The van der Waals surface area contributed by atoms with E-state index in [-0.39, 0.29) is 5.78 Å². The summed E-state index contributed by atoms with van der Waals surface area (Å²) >= 11 is 0. The first-order valence-corrected chi connectivity index (χ1v) is 5.93. The maximum absolute atomic E-state index is 11.9. The van der Waals surface area contributed by atoms with Gasteiger partial charge in [0.05, 0.1) is 17.2 Å². The summed E-state index contributed by atoms with van der Waals surface area (Å²) in [6, 6.07) is 14.5. The summed E-state index contributed by atoms with van der Waals surface area (Å²) in [6.45, 7) is 1.47. The molecule has 0 aliphatic rings. The molecule has 98 valence electrons. The molecule has 0 N–H and O–H groups in total. The molecule has 0 bridgehead atoms. The Balaban J connectivity index is 2.15. The second-order valence-corrected chi connectivity index (χ2v) is 4.16. The van der Waals surface area contributed by atoms with Gasteiger partial charge in [-0.1, -0.05) is 6.07 Å². The van der Waals surface area contributed by atoms with Crippen LogP contribution in [-0.2, 0) is 0 Å². The highest BCUT2D eigenvalue weighted by molar-refractivity contribution is 5.94. The standard InChI is InChI=1S/C16H11NO3/c1-11(18)13-5-7-15(8-6-13)20-16(19)14-4-2-3-12(9-14)10-17/h2-9H,1H3. The zero-order valence-corrected chi connectivity index (χ0v) is 10.8. The summed E-state index contributed by atoms with van der Waals surface area (Å²) < 4.78 is 5.18. The molecule has 2 rings (SSSR count). The van der Waals surface area contributed by atoms with Crippen molar-refractivity contribution in [2.75, 3.05) is 0 Å². The number of carbonyl (C=O) groups excluding carboxylic acids is 2. The molecule has 0 heterocycles. The molecule has 0 aliphatic heterocycles. The molecular weight excluding hydrogens is 254 g/mol. The number of hydrogen-bond acceptors (Lipinski definition) is 4. The van der Waals surface area contributed by atoms with Crippen LogP contribution in [0.1, 0.15) is 33.2 Å². The number of ether oxygens (including phenoxy) is 1. The maximum atomic E-state index is 11.9. The van der Waals surface area contributed by atoms with Crippen LogP contribution in [0.5, 0.6) is 5.75 Å². The number of esters is 1. The zero-order valence-electron chi connectivity index (χ0n) is 10.8. The van der Waals surface area contributed by atoms with Crippen molar-refractivity contribution in [3.05, 3.63) is 65.2 Å². The minimum atomic E-state index is -0.544. The van der Waals surface area contributed by atoms with Gasteiger partial charge in [-0.15, -0.1) is 0 Å². The molecule has 0 aromatic heterocycles. The van der Waals surface area contributed by atoms with Gasteiger partial charge in [-0.2, -0.15) is 5.26 Å². The van der Waals surface area contributed by atoms with E-state index in [4.69, 9.17) is 10.00 Å². The Hall–Kier alpha value is -2.93. The molecule has 4 nitrogen and oxygen atoms in total. The van der Waals surface area contributed by atoms with Crippen LogP contribution in [0.25, 0.3) is 0 Å². The summed E-state index contributed by atoms with van der Waals surface area (Å²) in [5.41, 5.74) is 1.25. The van der Waals surface area contributed by atoms with Crippen molar-refractivity contribution in [3.63, 3.8) is 0 Å². The first kappa shape index (κ1) is 13.5. The second-order valence-electron chi connectivity index (χ2n) is 4.16. The van der Waals surface area contributed by atoms with Crippen LogP contribution < -0.4 is 4.74 Å². The van der Waals surface area contributed by atoms with Gasteiger partial charge < -0.3 is 4.74 Å². The number of rotatable bonds is 3. The Morgan fingerprint density at radius 2 is 1.75 bits per heavy atom. The van der Waals surface area contributed by atoms with E-state index in [0.29, 0.717) is 22.4 Å². The Morgan fingerprint density at radius 3 is 2.35 bits per heavy atom. The summed E-state index contributed by atoms with van der Waals surface area (Å²) in [7, 11) is 0. The summed E-state index contributed by atoms with van der Waals surface area (Å²) in [4.78, 5) is 23.0. The minimum absolute atomic E-state index is 0.0513. The van der Waals surface area contributed by atoms with Crippen molar-refractivity contribution in [1.82, 2.24) is 0 Å². The molecule has 2 aromatic rings. The monoisotopic (exact) mass is 265 g/mol. The van der Waals surface area contributed by atoms with Crippen molar-refractivity contribution >= 4 is 11.8 Å². The third-order valence-corrected chi connectivity index (χ3v) is 2.70. The summed E-state index contributed by atoms with van der Waals surface area (Å²) in [5.74, 6) is -0.246. The van der Waals surface area contributed by atoms with Gasteiger partial charge in [-0.25, -0.2) is 4.79 Å². The van der Waals surface area contributed by atoms with E-state index in [1.165, 1.54) is 13.0 Å². The average molecular weight is 265 g/mol. The van der Waals surface area contributed by atoms with E-state index < -0.39 is 5.97 Å². The highest BCUT2D eigenvalue weighted by Crippen LogP contribution is 2.15. The van der Waals surface area contributed by atoms with Gasteiger partial charge in [-0.3, -0.25) is 4.79 Å². The van der Waals surface area contributed by atoms with Crippen molar-refractivity contribution in [3.8, 4) is 11.8 Å². The molecular formula is C16H11NO3. The molecule has 0 aliphatic carbocycles. The molecule has 2 aromatic carbocycles. The number of hydrogen-bond donors (Lipinski definition) is 0. The normalized spacial score (nSPS) is 9.60. The van der Waals surface area contributed by atoms with Gasteiger partial charge in [0.1, 0.15) is 5.75 Å². The van der Waals surface area contributed by atoms with E-state index in [2.05, 4.69) is 0 Å². The summed E-state index contributed by atoms with van der Waals surface area (Å²) in [6.07, 6.45) is 0. The lowest BCUT2D eigenvalue weighted by atomic mass is 10.1. The van der Waals surface area contributed by atoms with Crippen molar-refractivity contribution < 1.29 is 14.3 Å². The molecule has 0 fully saturated rings. The number of nitrogens with zero attached hydrogens (tertiary/aromatic N) is 1. The van der Waals surface area contributed by atoms with E-state index in [1.54, 1.807) is 42.5 Å². The zero-order chi connectivity index (χ0) is 14.5. The van der Waals surface area contributed by atoms with Gasteiger partial charge in [0.25, 0.3) is 0 Å². The van der Waals surface area contributed by atoms with Crippen molar-refractivity contribution in [2.45, 2.75) is 6.92 Å². The largest absolute Gasteiger partial charge is 0.423 e. The number of benzene rings is 2. The number of Topliss-reactive ketones (excluding diaryl/α,β-unsaturated/α-hetero) is 1. The lowest BCUT2D eigenvalue weighted by molar-refractivity contribution is 0.0734. The predicted octanol–water partition coefficient (Wildman–Crippen LogP) is 2.98. The van der Waals surface area contributed by atoms with Crippen LogP contribution in [0, 0.1) is 11.3 Å². The van der Waals surface area contributed by atoms with Gasteiger partial charge in [0, 0.05) is 5.56 Å². The smallest absolute Gasteiger partial charge is 0.343 e. The molecule has 20 heavy (non-hydrogen) atoms. The molecule has 4 heteroatoms. The van der Waals surface area contributed by atoms with E-state index in [9.17, 15) is 9.59 Å². The fraction of sp³-hybridized carbons (Fsp3) is 0.0625. The van der Waals surface area contributed by atoms with E-state index in [0.717, 1.165) is 0 Å². The Morgan fingerprint density at radius 1 is 1.05 bits per heavy atom. The number of ketones is 1. The first-order chi connectivity index (χ1) is 9.60. The van der Waals surface area contributed by atoms with Crippen LogP contribution in [-0.4, -0.2) is 11.8 Å². The van der Waals surface area contributed by atoms with Crippen LogP contribution in [0.2, 0.25) is 0 Å². The molecule has 0 radical (unpaired) electrons. The Kier molecular flexibility index (Phi) is 3.92. The highest BCUT2D eigenvalue weighted by atomic mass is 16.5. The van der Waals surface area contributed by atoms with E-state index >= 15 is 0 Å². The van der Waals surface area contributed by atoms with Crippen LogP contribution in [0.15, 0.2) is 48.5 Å². The van der Waals surface area contributed by atoms with Crippen LogP contribution in [0.4, 0.5) is 0 Å². The molecule has 0 saturated heterocycles. The van der Waals surface area contributed by atoms with E-state index in [1.807, 2.05) is 6.07 Å². The highest BCUT2D eigenvalue weighted by Gasteiger charge is 2.09. The first-order valence-electron chi connectivity index (χ1n) is 5.93. The molecule has 0 amide bonds. The minimum Gasteiger partial charge on any atom is -0.423 e. The quantitative estimate of drug-likeness (QED) is 0.486. The summed E-state index contributed by atoms with van der Waals surface area (Å²) in [5, 5.41) is 8.78. The van der Waals surface area contributed by atoms with Gasteiger partial charge >= 0.3 is 5.97 Å². The Bertz CT molecular complexity index is 696. The molecule has 0 spiro atoms.